The van der Waals surface area contributed by atoms with E-state index in [1.807, 2.05) is 42.5 Å². The van der Waals surface area contributed by atoms with E-state index < -0.39 is 17.7 Å². The highest BCUT2D eigenvalue weighted by Crippen LogP contribution is 2.35. The van der Waals surface area contributed by atoms with Crippen molar-refractivity contribution < 1.29 is 28.7 Å². The summed E-state index contributed by atoms with van der Waals surface area (Å²) >= 11 is 0. The summed E-state index contributed by atoms with van der Waals surface area (Å²) in [5.74, 6) is -3.40. The van der Waals surface area contributed by atoms with Crippen LogP contribution in [0.5, 0.6) is 0 Å². The zero-order chi connectivity index (χ0) is 31.5. The third-order valence-electron chi connectivity index (χ3n) is 8.68. The molecular weight excluding hydrogens is 582 g/mol. The highest BCUT2D eigenvalue weighted by atomic mass is 16.5. The predicted molar refractivity (Wildman–Crippen MR) is 169 cm³/mol. The number of aromatic nitrogens is 2. The monoisotopic (exact) mass is 605 g/mol. The molecule has 2 amide bonds. The second kappa shape index (κ2) is 10.5. The van der Waals surface area contributed by atoms with Crippen LogP contribution >= 0.6 is 0 Å². The molecule has 9 nitrogen and oxygen atoms in total. The Morgan fingerprint density at radius 1 is 0.696 bits per heavy atom. The first-order chi connectivity index (χ1) is 22.4. The van der Waals surface area contributed by atoms with Gasteiger partial charge in [0.15, 0.2) is 11.6 Å². The number of nitrogens with zero attached hydrogens (tertiary/aromatic N) is 3. The lowest BCUT2D eigenvalue weighted by Crippen LogP contribution is -2.41. The summed E-state index contributed by atoms with van der Waals surface area (Å²) in [5.41, 5.74) is 3.01. The smallest absolute Gasteiger partial charge is 0.338 e. The zero-order valence-corrected chi connectivity index (χ0v) is 24.2. The summed E-state index contributed by atoms with van der Waals surface area (Å²) in [6.45, 7) is 0.00934. The first-order valence-electron chi connectivity index (χ1n) is 14.8. The van der Waals surface area contributed by atoms with Crippen LogP contribution in [-0.2, 0) is 4.74 Å². The standard InChI is InChI=1S/C37H23N3O6/c41-33-24-14-12-23(19-27(24)34(42)30(33)28-15-13-22-11-10-21-7-3-16-38-31(21)32(22)39-28)37(45)46-18-4-17-40-35(43)25-8-1-5-20-6-2-9-26(29(20)25)36(40)44/h1-3,5-16,19,30H,4,17-18H2. The van der Waals surface area contributed by atoms with Crippen LogP contribution in [0.25, 0.3) is 32.6 Å². The summed E-state index contributed by atoms with van der Waals surface area (Å²) in [4.78, 5) is 76.4. The fourth-order valence-corrected chi connectivity index (χ4v) is 6.44. The van der Waals surface area contributed by atoms with Gasteiger partial charge in [0, 0.05) is 51.2 Å². The van der Waals surface area contributed by atoms with Gasteiger partial charge in [-0.25, -0.2) is 9.78 Å². The van der Waals surface area contributed by atoms with Gasteiger partial charge in [0.1, 0.15) is 5.92 Å². The maximum absolute atomic E-state index is 13.5. The van der Waals surface area contributed by atoms with Crippen LogP contribution in [0.4, 0.5) is 0 Å². The fraction of sp³-hybridized carbons (Fsp3) is 0.108. The number of benzene rings is 4. The van der Waals surface area contributed by atoms with Gasteiger partial charge in [-0.2, -0.15) is 0 Å². The molecule has 4 aromatic carbocycles. The van der Waals surface area contributed by atoms with Crippen molar-refractivity contribution >= 4 is 61.9 Å². The second-order valence-corrected chi connectivity index (χ2v) is 11.3. The number of carbonyl (C=O) groups is 5. The predicted octanol–water partition coefficient (Wildman–Crippen LogP) is 5.94. The number of amides is 2. The van der Waals surface area contributed by atoms with E-state index in [9.17, 15) is 24.0 Å². The van der Waals surface area contributed by atoms with Crippen LogP contribution in [0.15, 0.2) is 97.2 Å². The molecule has 0 N–H and O–H groups in total. The topological polar surface area (TPSA) is 124 Å². The number of hydrogen-bond acceptors (Lipinski definition) is 8. The van der Waals surface area contributed by atoms with Crippen molar-refractivity contribution in [1.29, 1.82) is 0 Å². The Bertz CT molecular complexity index is 2300. The Labute approximate surface area is 261 Å². The molecule has 3 heterocycles. The maximum Gasteiger partial charge on any atom is 0.338 e. The van der Waals surface area contributed by atoms with Crippen molar-refractivity contribution in [2.75, 3.05) is 13.2 Å². The number of hydrogen-bond donors (Lipinski definition) is 0. The molecule has 2 aliphatic rings. The van der Waals surface area contributed by atoms with Crippen LogP contribution in [0.1, 0.15) is 69.8 Å². The van der Waals surface area contributed by atoms with E-state index in [-0.39, 0.29) is 53.9 Å². The summed E-state index contributed by atoms with van der Waals surface area (Å²) in [6, 6.07) is 26.1. The Kier molecular flexibility index (Phi) is 6.28. The van der Waals surface area contributed by atoms with Gasteiger partial charge in [0.25, 0.3) is 11.8 Å². The lowest BCUT2D eigenvalue weighted by atomic mass is 9.94. The van der Waals surface area contributed by atoms with Crippen molar-refractivity contribution in [3.05, 3.63) is 131 Å². The number of imide groups is 1. The van der Waals surface area contributed by atoms with Crippen molar-refractivity contribution in [2.24, 2.45) is 0 Å². The number of esters is 1. The van der Waals surface area contributed by atoms with Crippen molar-refractivity contribution in [3.63, 3.8) is 0 Å². The first-order valence-corrected chi connectivity index (χ1v) is 14.8. The van der Waals surface area contributed by atoms with E-state index in [4.69, 9.17) is 9.72 Å². The Balaban J connectivity index is 0.963. The van der Waals surface area contributed by atoms with Gasteiger partial charge >= 0.3 is 5.97 Å². The van der Waals surface area contributed by atoms with E-state index >= 15 is 0 Å². The fourth-order valence-electron chi connectivity index (χ4n) is 6.44. The van der Waals surface area contributed by atoms with Crippen molar-refractivity contribution in [1.82, 2.24) is 14.9 Å². The maximum atomic E-state index is 13.5. The number of carbonyl (C=O) groups excluding carboxylic acids is 5. The molecule has 0 fully saturated rings. The largest absolute Gasteiger partial charge is 0.462 e. The Morgan fingerprint density at radius 2 is 1.37 bits per heavy atom. The van der Waals surface area contributed by atoms with E-state index in [1.165, 1.54) is 23.1 Å². The number of ketones is 2. The molecule has 0 bridgehead atoms. The molecule has 9 heteroatoms. The summed E-state index contributed by atoms with van der Waals surface area (Å²) in [6.07, 6.45) is 1.90. The molecule has 1 atom stereocenters. The van der Waals surface area contributed by atoms with Crippen LogP contribution in [0.3, 0.4) is 0 Å². The van der Waals surface area contributed by atoms with E-state index in [0.717, 1.165) is 16.2 Å². The third kappa shape index (κ3) is 4.20. The van der Waals surface area contributed by atoms with Gasteiger partial charge in [0.2, 0.25) is 0 Å². The molecule has 1 aliphatic carbocycles. The van der Waals surface area contributed by atoms with Crippen LogP contribution in [0.2, 0.25) is 0 Å². The van der Waals surface area contributed by atoms with E-state index in [1.54, 1.807) is 36.5 Å². The molecule has 0 saturated carbocycles. The van der Waals surface area contributed by atoms with Gasteiger partial charge in [0.05, 0.1) is 28.9 Å². The summed E-state index contributed by atoms with van der Waals surface area (Å²) in [5, 5.41) is 3.21. The van der Waals surface area contributed by atoms with Gasteiger partial charge in [-0.3, -0.25) is 29.1 Å². The summed E-state index contributed by atoms with van der Waals surface area (Å²) in [7, 11) is 0. The third-order valence-corrected chi connectivity index (χ3v) is 8.68. The number of pyridine rings is 2. The van der Waals surface area contributed by atoms with Gasteiger partial charge in [-0.1, -0.05) is 48.5 Å². The van der Waals surface area contributed by atoms with E-state index in [0.29, 0.717) is 33.2 Å². The van der Waals surface area contributed by atoms with Crippen LogP contribution in [-0.4, -0.2) is 57.4 Å². The highest BCUT2D eigenvalue weighted by molar-refractivity contribution is 6.30. The molecule has 1 unspecified atom stereocenters. The Morgan fingerprint density at radius 3 is 2.13 bits per heavy atom. The van der Waals surface area contributed by atoms with Crippen molar-refractivity contribution in [3.8, 4) is 0 Å². The SMILES string of the molecule is O=C(OCCCN1C(=O)c2cccc3cccc(c23)C1=O)c1ccc2c(c1)C(=O)C(c1ccc3ccc4cccnc4c3n1)C2=O. The Hall–Kier alpha value is -6.09. The lowest BCUT2D eigenvalue weighted by Gasteiger charge is -2.27. The highest BCUT2D eigenvalue weighted by Gasteiger charge is 2.41. The minimum atomic E-state index is -1.12. The molecule has 1 aliphatic heterocycles. The first kappa shape index (κ1) is 27.5. The minimum Gasteiger partial charge on any atom is -0.462 e. The molecule has 0 spiro atoms. The second-order valence-electron chi connectivity index (χ2n) is 11.3. The van der Waals surface area contributed by atoms with Gasteiger partial charge in [-0.05, 0) is 54.3 Å². The van der Waals surface area contributed by atoms with Gasteiger partial charge in [-0.15, -0.1) is 0 Å². The molecular formula is C37H23N3O6. The molecule has 46 heavy (non-hydrogen) atoms. The van der Waals surface area contributed by atoms with Gasteiger partial charge < -0.3 is 4.74 Å². The van der Waals surface area contributed by atoms with E-state index in [2.05, 4.69) is 4.98 Å². The molecule has 2 aromatic heterocycles. The average Bonchev–Trinajstić information content (AvgIpc) is 3.34. The van der Waals surface area contributed by atoms with Crippen LogP contribution in [0, 0.1) is 0 Å². The van der Waals surface area contributed by atoms with Crippen LogP contribution < -0.4 is 0 Å². The molecule has 8 rings (SSSR count). The molecule has 222 valence electrons. The lowest BCUT2D eigenvalue weighted by molar-refractivity contribution is 0.0476. The normalized spacial score (nSPS) is 15.7. The number of Topliss-reactive ketones (excluding diaryl/α,β-unsaturated/α-hetero) is 2. The number of ether oxygens (including phenoxy) is 1. The van der Waals surface area contributed by atoms with Crippen molar-refractivity contribution in [2.45, 2.75) is 12.3 Å². The quantitative estimate of drug-likeness (QED) is 0.0751. The molecule has 0 saturated heterocycles. The average molecular weight is 606 g/mol. The zero-order valence-electron chi connectivity index (χ0n) is 24.2. The summed E-state index contributed by atoms with van der Waals surface area (Å²) < 4.78 is 5.44. The molecule has 0 radical (unpaired) electrons. The number of fused-ring (bicyclic) bond motifs is 4. The minimum absolute atomic E-state index is 0.0582. The molecule has 6 aromatic rings. The number of rotatable bonds is 6.